The van der Waals surface area contributed by atoms with E-state index in [0.29, 0.717) is 0 Å². The molecule has 6 heteroatoms. The summed E-state index contributed by atoms with van der Waals surface area (Å²) in [5.41, 5.74) is 11.9. The van der Waals surface area contributed by atoms with Gasteiger partial charge < -0.3 is 9.47 Å². The third kappa shape index (κ3) is 6.04. The van der Waals surface area contributed by atoms with Crippen molar-refractivity contribution in [2.24, 2.45) is 14.1 Å². The molecule has 0 aliphatic rings. The molecule has 0 amide bonds. The van der Waals surface area contributed by atoms with Crippen LogP contribution in [0.5, 0.6) is 11.5 Å². The average Bonchev–Trinajstić information content (AvgIpc) is 3.62. The van der Waals surface area contributed by atoms with Gasteiger partial charge in [0.2, 0.25) is 0 Å². The minimum absolute atomic E-state index is 0.845. The first-order valence-corrected chi connectivity index (χ1v) is 17.9. The monoisotopic (exact) mass is 664 g/mol. The molecule has 0 aliphatic carbocycles. The highest BCUT2D eigenvalue weighted by atomic mass is 16.5. The van der Waals surface area contributed by atoms with Gasteiger partial charge in [0, 0.05) is 12.1 Å². The Bertz CT molecular complexity index is 2080. The Balaban J connectivity index is 1.51. The van der Waals surface area contributed by atoms with E-state index in [1.165, 1.54) is 36.8 Å². The molecule has 50 heavy (non-hydrogen) atoms. The van der Waals surface area contributed by atoms with Gasteiger partial charge in [-0.25, -0.2) is 9.13 Å². The second kappa shape index (κ2) is 14.2. The number of aromatic nitrogens is 4. The number of rotatable bonds is 12. The molecule has 2 heterocycles. The van der Waals surface area contributed by atoms with Crippen LogP contribution in [0.2, 0.25) is 0 Å². The van der Waals surface area contributed by atoms with Crippen molar-refractivity contribution in [3.8, 4) is 45.6 Å². The lowest BCUT2D eigenvalue weighted by atomic mass is 10.1. The van der Waals surface area contributed by atoms with E-state index in [2.05, 4.69) is 131 Å². The molecule has 0 fully saturated rings. The quantitative estimate of drug-likeness (QED) is 0.122. The third-order valence-corrected chi connectivity index (χ3v) is 10.1. The van der Waals surface area contributed by atoms with Crippen molar-refractivity contribution < 1.29 is 18.6 Å². The van der Waals surface area contributed by atoms with E-state index in [1.807, 2.05) is 24.3 Å². The van der Waals surface area contributed by atoms with Crippen LogP contribution in [0.15, 0.2) is 109 Å². The molecule has 0 bridgehead atoms. The normalized spacial score (nSPS) is 11.5. The molecular weight excluding hydrogens is 617 g/mol. The van der Waals surface area contributed by atoms with Crippen molar-refractivity contribution in [1.82, 2.24) is 9.13 Å². The minimum atomic E-state index is 0.845. The summed E-state index contributed by atoms with van der Waals surface area (Å²) >= 11 is 0. The molecule has 0 unspecified atom stereocenters. The number of unbranched alkanes of at least 4 members (excludes halogenated alkanes) is 2. The Morgan fingerprint density at radius 3 is 1.22 bits per heavy atom. The number of ether oxygens (including phenoxy) is 2. The largest absolute Gasteiger partial charge is 0.497 e. The van der Waals surface area contributed by atoms with Crippen LogP contribution in [-0.2, 0) is 26.9 Å². The van der Waals surface area contributed by atoms with Crippen LogP contribution in [0, 0.1) is 0 Å². The zero-order chi connectivity index (χ0) is 34.8. The second-order valence-electron chi connectivity index (χ2n) is 13.3. The third-order valence-electron chi connectivity index (χ3n) is 10.1. The van der Waals surface area contributed by atoms with Gasteiger partial charge in [-0.1, -0.05) is 51.0 Å². The fourth-order valence-electron chi connectivity index (χ4n) is 7.24. The summed E-state index contributed by atoms with van der Waals surface area (Å²) in [7, 11) is 7.78. The summed E-state index contributed by atoms with van der Waals surface area (Å²) in [5, 5.41) is 0. The van der Waals surface area contributed by atoms with E-state index in [4.69, 9.17) is 9.47 Å². The van der Waals surface area contributed by atoms with Crippen molar-refractivity contribution >= 4 is 22.1 Å². The molecule has 6 nitrogen and oxygen atoms in total. The smallest absolute Gasteiger partial charge is 0.294 e. The summed E-state index contributed by atoms with van der Waals surface area (Å²) in [6.07, 6.45) is 6.96. The van der Waals surface area contributed by atoms with Gasteiger partial charge in [0.05, 0.1) is 39.4 Å². The Morgan fingerprint density at radius 1 is 0.500 bits per heavy atom. The predicted octanol–water partition coefficient (Wildman–Crippen LogP) is 9.26. The maximum Gasteiger partial charge on any atom is 0.294 e. The van der Waals surface area contributed by atoms with Crippen LogP contribution < -0.4 is 18.6 Å². The molecule has 0 aliphatic heterocycles. The van der Waals surface area contributed by atoms with Crippen LogP contribution in [0.1, 0.15) is 50.7 Å². The van der Waals surface area contributed by atoms with Crippen LogP contribution in [-0.4, -0.2) is 23.4 Å². The fourth-order valence-corrected chi connectivity index (χ4v) is 7.24. The lowest BCUT2D eigenvalue weighted by molar-refractivity contribution is -0.637. The minimum Gasteiger partial charge on any atom is -0.497 e. The molecule has 0 radical (unpaired) electrons. The maximum atomic E-state index is 5.53. The summed E-state index contributed by atoms with van der Waals surface area (Å²) in [6, 6.07) is 39.8. The van der Waals surface area contributed by atoms with Crippen LogP contribution in [0.4, 0.5) is 0 Å². The zero-order valence-corrected chi connectivity index (χ0v) is 30.2. The second-order valence-corrected chi connectivity index (χ2v) is 13.3. The van der Waals surface area contributed by atoms with Crippen LogP contribution in [0.25, 0.3) is 56.2 Å². The maximum absolute atomic E-state index is 5.53. The molecular formula is C44H48N4O2+2. The summed E-state index contributed by atoms with van der Waals surface area (Å²) in [4.78, 5) is 0. The van der Waals surface area contributed by atoms with Crippen molar-refractivity contribution in [3.05, 3.63) is 120 Å². The number of hydrogen-bond donors (Lipinski definition) is 0. The Morgan fingerprint density at radius 2 is 0.880 bits per heavy atom. The number of fused-ring (bicyclic) bond motifs is 2. The van der Waals surface area contributed by atoms with Crippen molar-refractivity contribution in [3.63, 3.8) is 0 Å². The SMILES string of the molecule is CCCCc1ccc(-n2c(-c3ccc(OC)cc3)[n+](C)c3cc4c(cc32)n(-c2ccc(CCCC)cc2)c(-c2ccc(OC)cc2)[n+]4C)cc1. The predicted molar refractivity (Wildman–Crippen MR) is 204 cm³/mol. The molecule has 0 saturated carbocycles. The van der Waals surface area contributed by atoms with Crippen molar-refractivity contribution in [2.45, 2.75) is 52.4 Å². The van der Waals surface area contributed by atoms with Gasteiger partial charge in [-0.3, -0.25) is 0 Å². The van der Waals surface area contributed by atoms with Crippen LogP contribution in [0.3, 0.4) is 0 Å². The highest BCUT2D eigenvalue weighted by molar-refractivity contribution is 5.93. The van der Waals surface area contributed by atoms with Gasteiger partial charge in [0.15, 0.2) is 22.1 Å². The number of hydrogen-bond acceptors (Lipinski definition) is 2. The van der Waals surface area contributed by atoms with E-state index in [0.717, 1.165) is 80.6 Å². The molecule has 0 N–H and O–H groups in total. The highest BCUT2D eigenvalue weighted by Crippen LogP contribution is 2.34. The van der Waals surface area contributed by atoms with E-state index in [-0.39, 0.29) is 0 Å². The first-order valence-electron chi connectivity index (χ1n) is 17.9. The molecule has 0 atom stereocenters. The molecule has 0 spiro atoms. The number of methoxy groups -OCH3 is 2. The van der Waals surface area contributed by atoms with Gasteiger partial charge in [-0.05, 0) is 110 Å². The Kier molecular flexibility index (Phi) is 9.44. The molecule has 7 aromatic rings. The molecule has 0 saturated heterocycles. The van der Waals surface area contributed by atoms with Gasteiger partial charge in [0.1, 0.15) is 22.9 Å². The lowest BCUT2D eigenvalue weighted by Crippen LogP contribution is -2.32. The Hall–Kier alpha value is -5.36. The number of imidazole rings is 2. The first kappa shape index (κ1) is 33.2. The summed E-state index contributed by atoms with van der Waals surface area (Å²) in [6.45, 7) is 4.50. The average molecular weight is 665 g/mol. The Labute approximate surface area is 295 Å². The molecule has 7 rings (SSSR count). The number of nitrogens with zero attached hydrogens (tertiary/aromatic N) is 4. The molecule has 5 aromatic carbocycles. The summed E-state index contributed by atoms with van der Waals surface area (Å²) in [5.74, 6) is 3.92. The van der Waals surface area contributed by atoms with Crippen molar-refractivity contribution in [1.29, 1.82) is 0 Å². The highest BCUT2D eigenvalue weighted by Gasteiger charge is 2.32. The molecule has 254 valence electrons. The van der Waals surface area contributed by atoms with Gasteiger partial charge >= 0.3 is 0 Å². The standard InChI is InChI=1S/C44H48N4O2/c1-7-9-11-31-13-21-35(22-14-31)47-41-30-42-40(29-39(41)45(3)43(47)33-17-25-37(49-5)26-18-33)46(4)44(34-19-27-38(50-6)28-20-34)48(42)36-23-15-32(16-24-36)12-10-8-2/h13-30H,7-12H2,1-6H3/q+2. The van der Waals surface area contributed by atoms with E-state index in [1.54, 1.807) is 14.2 Å². The first-order chi connectivity index (χ1) is 24.4. The van der Waals surface area contributed by atoms with E-state index >= 15 is 0 Å². The topological polar surface area (TPSA) is 36.1 Å². The van der Waals surface area contributed by atoms with Crippen LogP contribution >= 0.6 is 0 Å². The number of aryl methyl sites for hydroxylation is 4. The van der Waals surface area contributed by atoms with E-state index < -0.39 is 0 Å². The number of benzene rings is 5. The lowest BCUT2D eigenvalue weighted by Gasteiger charge is -2.07. The van der Waals surface area contributed by atoms with Crippen molar-refractivity contribution in [2.75, 3.05) is 14.2 Å². The zero-order valence-electron chi connectivity index (χ0n) is 30.2. The molecule has 2 aromatic heterocycles. The van der Waals surface area contributed by atoms with Gasteiger partial charge in [0.25, 0.3) is 11.6 Å². The fraction of sp³-hybridized carbons (Fsp3) is 0.273. The van der Waals surface area contributed by atoms with Gasteiger partial charge in [-0.15, -0.1) is 0 Å². The van der Waals surface area contributed by atoms with Gasteiger partial charge in [-0.2, -0.15) is 9.13 Å². The summed E-state index contributed by atoms with van der Waals surface area (Å²) < 4.78 is 20.5. The van der Waals surface area contributed by atoms with E-state index in [9.17, 15) is 0 Å².